The molecule has 2 aromatic rings. The van der Waals surface area contributed by atoms with Crippen molar-refractivity contribution in [3.8, 4) is 0 Å². The van der Waals surface area contributed by atoms with Gasteiger partial charge in [-0.25, -0.2) is 9.78 Å². The van der Waals surface area contributed by atoms with E-state index in [2.05, 4.69) is 25.6 Å². The summed E-state index contributed by atoms with van der Waals surface area (Å²) in [6.45, 7) is 6.32. The fourth-order valence-electron chi connectivity index (χ4n) is 2.49. The molecule has 1 fully saturated rings. The van der Waals surface area contributed by atoms with Gasteiger partial charge in [-0.15, -0.1) is 0 Å². The fraction of sp³-hybridized carbons (Fsp3) is 0.438. The Hall–Kier alpha value is -2.61. The summed E-state index contributed by atoms with van der Waals surface area (Å²) in [6.07, 6.45) is 5.19. The highest BCUT2D eigenvalue weighted by Crippen LogP contribution is 2.14. The molecule has 2 aromatic heterocycles. The predicted molar refractivity (Wildman–Crippen MR) is 91.0 cm³/mol. The summed E-state index contributed by atoms with van der Waals surface area (Å²) in [5.41, 5.74) is 1.68. The summed E-state index contributed by atoms with van der Waals surface area (Å²) >= 11 is 0. The first-order valence-corrected chi connectivity index (χ1v) is 8.09. The minimum Gasteiger partial charge on any atom is -0.378 e. The van der Waals surface area contributed by atoms with E-state index in [1.807, 2.05) is 19.1 Å². The topological polar surface area (TPSA) is 84.3 Å². The number of anilines is 2. The number of nitrogens with zero attached hydrogens (tertiary/aromatic N) is 4. The van der Waals surface area contributed by atoms with Gasteiger partial charge in [0.25, 0.3) is 0 Å². The molecule has 1 aliphatic heterocycles. The number of carbonyl (C=O) groups is 1. The quantitative estimate of drug-likeness (QED) is 0.867. The molecule has 2 amide bonds. The van der Waals surface area contributed by atoms with Crippen molar-refractivity contribution in [2.45, 2.75) is 20.0 Å². The van der Waals surface area contributed by atoms with E-state index in [-0.39, 0.29) is 6.03 Å². The number of pyridine rings is 1. The van der Waals surface area contributed by atoms with Gasteiger partial charge in [0, 0.05) is 38.6 Å². The summed E-state index contributed by atoms with van der Waals surface area (Å²) in [7, 11) is 0. The second-order valence-corrected chi connectivity index (χ2v) is 5.51. The Morgan fingerprint density at radius 3 is 2.96 bits per heavy atom. The second kappa shape index (κ2) is 7.78. The molecule has 1 aliphatic rings. The van der Waals surface area contributed by atoms with Crippen molar-refractivity contribution in [2.24, 2.45) is 0 Å². The van der Waals surface area contributed by atoms with Crippen molar-refractivity contribution in [3.05, 3.63) is 36.3 Å². The van der Waals surface area contributed by atoms with Crippen LogP contribution in [0.3, 0.4) is 0 Å². The Morgan fingerprint density at radius 2 is 2.21 bits per heavy atom. The third-order valence-electron chi connectivity index (χ3n) is 3.81. The Balaban J connectivity index is 1.53. The monoisotopic (exact) mass is 330 g/mol. The fourth-order valence-corrected chi connectivity index (χ4v) is 2.49. The number of rotatable bonds is 5. The van der Waals surface area contributed by atoms with Crippen LogP contribution in [-0.2, 0) is 17.8 Å². The molecule has 0 bridgehead atoms. The largest absolute Gasteiger partial charge is 0.378 e. The van der Waals surface area contributed by atoms with Crippen molar-refractivity contribution in [1.82, 2.24) is 20.1 Å². The van der Waals surface area contributed by atoms with Crippen LogP contribution < -0.4 is 15.5 Å². The first kappa shape index (κ1) is 16.3. The van der Waals surface area contributed by atoms with Crippen LogP contribution >= 0.6 is 0 Å². The molecule has 8 heteroatoms. The molecular weight excluding hydrogens is 308 g/mol. The van der Waals surface area contributed by atoms with Crippen LogP contribution in [0, 0.1) is 0 Å². The SMILES string of the molecule is CCn1cc(NC(=O)NCc2ccnc(N3CCOCC3)c2)cn1. The lowest BCUT2D eigenvalue weighted by Crippen LogP contribution is -2.36. The molecule has 0 aromatic carbocycles. The van der Waals surface area contributed by atoms with Crippen molar-refractivity contribution in [2.75, 3.05) is 36.5 Å². The van der Waals surface area contributed by atoms with Crippen LogP contribution in [0.4, 0.5) is 16.3 Å². The Bertz CT molecular complexity index is 681. The minimum absolute atomic E-state index is 0.254. The second-order valence-electron chi connectivity index (χ2n) is 5.51. The average Bonchev–Trinajstić information content (AvgIpc) is 3.08. The number of nitrogens with one attached hydrogen (secondary N) is 2. The molecule has 0 atom stereocenters. The van der Waals surface area contributed by atoms with E-state index in [4.69, 9.17) is 4.74 Å². The van der Waals surface area contributed by atoms with Gasteiger partial charge in [0.15, 0.2) is 0 Å². The lowest BCUT2D eigenvalue weighted by atomic mass is 10.2. The van der Waals surface area contributed by atoms with Gasteiger partial charge >= 0.3 is 6.03 Å². The van der Waals surface area contributed by atoms with Crippen LogP contribution in [0.1, 0.15) is 12.5 Å². The van der Waals surface area contributed by atoms with Crippen LogP contribution in [0.25, 0.3) is 0 Å². The molecule has 3 rings (SSSR count). The van der Waals surface area contributed by atoms with Crippen molar-refractivity contribution < 1.29 is 9.53 Å². The predicted octanol–water partition coefficient (Wildman–Crippen LogP) is 1.46. The van der Waals surface area contributed by atoms with Gasteiger partial charge in [0.2, 0.25) is 0 Å². The molecule has 3 heterocycles. The highest BCUT2D eigenvalue weighted by Gasteiger charge is 2.12. The minimum atomic E-state index is -0.254. The van der Waals surface area contributed by atoms with Gasteiger partial charge < -0.3 is 20.3 Å². The Morgan fingerprint density at radius 1 is 1.38 bits per heavy atom. The van der Waals surface area contributed by atoms with Crippen molar-refractivity contribution in [1.29, 1.82) is 0 Å². The molecule has 8 nitrogen and oxygen atoms in total. The number of aryl methyl sites for hydroxylation is 1. The molecule has 1 saturated heterocycles. The van der Waals surface area contributed by atoms with Crippen LogP contribution in [0.5, 0.6) is 0 Å². The smallest absolute Gasteiger partial charge is 0.319 e. The highest BCUT2D eigenvalue weighted by molar-refractivity contribution is 5.88. The van der Waals surface area contributed by atoms with Gasteiger partial charge in [-0.05, 0) is 24.6 Å². The number of hydrogen-bond acceptors (Lipinski definition) is 5. The third-order valence-corrected chi connectivity index (χ3v) is 3.81. The lowest BCUT2D eigenvalue weighted by molar-refractivity contribution is 0.122. The van der Waals surface area contributed by atoms with E-state index in [9.17, 15) is 4.79 Å². The Kier molecular flexibility index (Phi) is 5.27. The van der Waals surface area contributed by atoms with Crippen molar-refractivity contribution in [3.63, 3.8) is 0 Å². The summed E-state index contributed by atoms with van der Waals surface area (Å²) in [5.74, 6) is 0.919. The molecular formula is C16H22N6O2. The number of aromatic nitrogens is 3. The first-order chi connectivity index (χ1) is 11.7. The molecule has 24 heavy (non-hydrogen) atoms. The van der Waals surface area contributed by atoms with E-state index in [0.29, 0.717) is 12.2 Å². The number of amides is 2. The van der Waals surface area contributed by atoms with E-state index >= 15 is 0 Å². The van der Waals surface area contributed by atoms with Gasteiger partial charge in [0.1, 0.15) is 5.82 Å². The standard InChI is InChI=1S/C16H22N6O2/c1-2-22-12-14(11-19-22)20-16(23)18-10-13-3-4-17-15(9-13)21-5-7-24-8-6-21/h3-4,9,11-12H,2,5-8,10H2,1H3,(H2,18,20,23). The van der Waals surface area contributed by atoms with Crippen LogP contribution in [-0.4, -0.2) is 47.1 Å². The normalized spacial score (nSPS) is 14.5. The lowest BCUT2D eigenvalue weighted by Gasteiger charge is -2.28. The van der Waals surface area contributed by atoms with E-state index in [1.165, 1.54) is 0 Å². The maximum absolute atomic E-state index is 12.0. The molecule has 0 unspecified atom stereocenters. The summed E-state index contributed by atoms with van der Waals surface area (Å²) in [5, 5.41) is 9.74. The van der Waals surface area contributed by atoms with Crippen molar-refractivity contribution >= 4 is 17.5 Å². The van der Waals surface area contributed by atoms with E-state index < -0.39 is 0 Å². The van der Waals surface area contributed by atoms with Gasteiger partial charge in [0.05, 0.1) is 25.1 Å². The highest BCUT2D eigenvalue weighted by atomic mass is 16.5. The van der Waals surface area contributed by atoms with E-state index in [1.54, 1.807) is 23.3 Å². The van der Waals surface area contributed by atoms with Gasteiger partial charge in [-0.2, -0.15) is 5.10 Å². The average molecular weight is 330 g/mol. The van der Waals surface area contributed by atoms with Gasteiger partial charge in [-0.1, -0.05) is 0 Å². The third kappa shape index (κ3) is 4.23. The zero-order valence-corrected chi connectivity index (χ0v) is 13.7. The number of ether oxygens (including phenoxy) is 1. The van der Waals surface area contributed by atoms with E-state index in [0.717, 1.165) is 44.2 Å². The zero-order valence-electron chi connectivity index (χ0n) is 13.7. The number of hydrogen-bond donors (Lipinski definition) is 2. The molecule has 0 spiro atoms. The summed E-state index contributed by atoms with van der Waals surface area (Å²) < 4.78 is 7.11. The summed E-state index contributed by atoms with van der Waals surface area (Å²) in [4.78, 5) is 18.6. The molecule has 128 valence electrons. The molecule has 2 N–H and O–H groups in total. The number of morpholine rings is 1. The maximum atomic E-state index is 12.0. The molecule has 0 aliphatic carbocycles. The van der Waals surface area contributed by atoms with Crippen LogP contribution in [0.15, 0.2) is 30.7 Å². The van der Waals surface area contributed by atoms with Gasteiger partial charge in [-0.3, -0.25) is 4.68 Å². The summed E-state index contributed by atoms with van der Waals surface area (Å²) in [6, 6.07) is 3.65. The van der Waals surface area contributed by atoms with Crippen LogP contribution in [0.2, 0.25) is 0 Å². The zero-order chi connectivity index (χ0) is 16.8. The molecule has 0 saturated carbocycles. The Labute approximate surface area is 140 Å². The first-order valence-electron chi connectivity index (χ1n) is 8.09. The number of urea groups is 1. The maximum Gasteiger partial charge on any atom is 0.319 e. The number of carbonyl (C=O) groups excluding carboxylic acids is 1. The molecule has 0 radical (unpaired) electrons.